The van der Waals surface area contributed by atoms with Crippen LogP contribution >= 0.6 is 24.0 Å². The van der Waals surface area contributed by atoms with Gasteiger partial charge in [0.15, 0.2) is 5.96 Å². The molecule has 0 aliphatic heterocycles. The maximum atomic E-state index is 13.0. The van der Waals surface area contributed by atoms with Gasteiger partial charge in [-0.05, 0) is 48.9 Å². The number of methoxy groups -OCH3 is 1. The Balaban J connectivity index is 0.00000288. The lowest BCUT2D eigenvalue weighted by molar-refractivity contribution is 0.415. The predicted molar refractivity (Wildman–Crippen MR) is 108 cm³/mol. The number of rotatable bonds is 7. The number of nitrogens with zero attached hydrogens (tertiary/aromatic N) is 1. The molecule has 0 radical (unpaired) electrons. The molecule has 0 bridgehead atoms. The molecule has 2 aromatic rings. The minimum atomic E-state index is -0.249. The van der Waals surface area contributed by atoms with E-state index in [0.29, 0.717) is 19.0 Å². The first-order valence-corrected chi connectivity index (χ1v) is 7.38. The molecule has 0 atom stereocenters. The Kier molecular flexibility index (Phi) is 8.92. The molecule has 2 aromatic carbocycles. The smallest absolute Gasteiger partial charge is 0.193 e. The van der Waals surface area contributed by atoms with E-state index in [1.54, 1.807) is 13.2 Å². The van der Waals surface area contributed by atoms with Crippen LogP contribution in [0.25, 0.3) is 0 Å². The number of ether oxygens (including phenoxy) is 1. The van der Waals surface area contributed by atoms with E-state index in [1.807, 2.05) is 30.3 Å². The van der Waals surface area contributed by atoms with Gasteiger partial charge in [-0.1, -0.05) is 6.07 Å². The van der Waals surface area contributed by atoms with Crippen LogP contribution in [0.5, 0.6) is 5.75 Å². The molecule has 5 nitrogen and oxygen atoms in total. The zero-order valence-corrected chi connectivity index (χ0v) is 15.8. The van der Waals surface area contributed by atoms with E-state index in [9.17, 15) is 4.39 Å². The largest absolute Gasteiger partial charge is 0.497 e. The molecule has 0 spiro atoms. The van der Waals surface area contributed by atoms with Crippen LogP contribution in [0.1, 0.15) is 6.42 Å². The Morgan fingerprint density at radius 3 is 2.58 bits per heavy atom. The first kappa shape index (κ1) is 20.0. The fourth-order valence-corrected chi connectivity index (χ4v) is 1.97. The molecule has 0 unspecified atom stereocenters. The van der Waals surface area contributed by atoms with Gasteiger partial charge in [0.25, 0.3) is 0 Å². The van der Waals surface area contributed by atoms with Crippen molar-refractivity contribution in [2.45, 2.75) is 6.42 Å². The Labute approximate surface area is 158 Å². The van der Waals surface area contributed by atoms with E-state index in [-0.39, 0.29) is 29.8 Å². The molecular weight excluding hydrogens is 422 g/mol. The van der Waals surface area contributed by atoms with Gasteiger partial charge in [0.05, 0.1) is 7.11 Å². The van der Waals surface area contributed by atoms with Crippen LogP contribution < -0.4 is 21.1 Å². The van der Waals surface area contributed by atoms with Crippen molar-refractivity contribution in [1.29, 1.82) is 0 Å². The second-order valence-electron chi connectivity index (χ2n) is 4.91. The maximum absolute atomic E-state index is 13.0. The highest BCUT2D eigenvalue weighted by Gasteiger charge is 1.97. The SMILES string of the molecule is COc1ccc(NC(N)=NCCCNc2cccc(F)c2)cc1.I. The maximum Gasteiger partial charge on any atom is 0.193 e. The molecule has 0 saturated carbocycles. The van der Waals surface area contributed by atoms with Crippen LogP contribution in [0.3, 0.4) is 0 Å². The standard InChI is InChI=1S/C17H21FN4O.HI/c1-23-16-8-6-14(7-9-16)22-17(19)21-11-3-10-20-15-5-2-4-13(18)12-15;/h2,4-9,12,20H,3,10-11H2,1H3,(H3,19,21,22);1H. The molecule has 130 valence electrons. The van der Waals surface area contributed by atoms with Gasteiger partial charge in [-0.15, -0.1) is 24.0 Å². The number of benzene rings is 2. The number of guanidine groups is 1. The first-order chi connectivity index (χ1) is 11.2. The van der Waals surface area contributed by atoms with Crippen molar-refractivity contribution in [1.82, 2.24) is 0 Å². The third-order valence-electron chi connectivity index (χ3n) is 3.13. The normalized spacial score (nSPS) is 10.7. The summed E-state index contributed by atoms with van der Waals surface area (Å²) in [7, 11) is 1.62. The van der Waals surface area contributed by atoms with E-state index in [0.717, 1.165) is 23.5 Å². The monoisotopic (exact) mass is 444 g/mol. The van der Waals surface area contributed by atoms with Crippen LogP contribution in [0.4, 0.5) is 15.8 Å². The molecule has 0 fully saturated rings. The second-order valence-corrected chi connectivity index (χ2v) is 4.91. The molecule has 4 N–H and O–H groups in total. The summed E-state index contributed by atoms with van der Waals surface area (Å²) >= 11 is 0. The fraction of sp³-hybridized carbons (Fsp3) is 0.235. The van der Waals surface area contributed by atoms with Crippen molar-refractivity contribution in [3.05, 3.63) is 54.3 Å². The number of aliphatic imine (C=N–C) groups is 1. The number of hydrogen-bond donors (Lipinski definition) is 3. The highest BCUT2D eigenvalue weighted by atomic mass is 127. The van der Waals surface area contributed by atoms with Gasteiger partial charge in [0.2, 0.25) is 0 Å². The summed E-state index contributed by atoms with van der Waals surface area (Å²) in [6, 6.07) is 13.8. The second kappa shape index (κ2) is 10.7. The van der Waals surface area contributed by atoms with Crippen LogP contribution in [-0.4, -0.2) is 26.2 Å². The highest BCUT2D eigenvalue weighted by Crippen LogP contribution is 2.14. The van der Waals surface area contributed by atoms with Crippen LogP contribution in [-0.2, 0) is 0 Å². The van der Waals surface area contributed by atoms with E-state index in [4.69, 9.17) is 10.5 Å². The molecule has 0 amide bonds. The summed E-state index contributed by atoms with van der Waals surface area (Å²) < 4.78 is 18.1. The highest BCUT2D eigenvalue weighted by molar-refractivity contribution is 14.0. The van der Waals surface area contributed by atoms with Gasteiger partial charge in [0, 0.05) is 24.5 Å². The Bertz CT molecular complexity index is 649. The van der Waals surface area contributed by atoms with Crippen molar-refractivity contribution in [3.8, 4) is 5.75 Å². The van der Waals surface area contributed by atoms with E-state index >= 15 is 0 Å². The molecule has 0 heterocycles. The Morgan fingerprint density at radius 2 is 1.92 bits per heavy atom. The molecule has 7 heteroatoms. The van der Waals surface area contributed by atoms with E-state index < -0.39 is 0 Å². The Morgan fingerprint density at radius 1 is 1.17 bits per heavy atom. The summed E-state index contributed by atoms with van der Waals surface area (Å²) in [6.07, 6.45) is 0.793. The molecule has 0 saturated heterocycles. The quantitative estimate of drug-likeness (QED) is 0.264. The molecule has 2 rings (SSSR count). The lowest BCUT2D eigenvalue weighted by atomic mass is 10.3. The lowest BCUT2D eigenvalue weighted by Crippen LogP contribution is -2.23. The van der Waals surface area contributed by atoms with E-state index in [2.05, 4.69) is 15.6 Å². The first-order valence-electron chi connectivity index (χ1n) is 7.38. The lowest BCUT2D eigenvalue weighted by Gasteiger charge is -2.07. The van der Waals surface area contributed by atoms with Gasteiger partial charge in [-0.25, -0.2) is 4.39 Å². The van der Waals surface area contributed by atoms with Crippen LogP contribution in [0.2, 0.25) is 0 Å². The molecule has 0 aliphatic carbocycles. The van der Waals surface area contributed by atoms with E-state index in [1.165, 1.54) is 12.1 Å². The van der Waals surface area contributed by atoms with Gasteiger partial charge in [-0.3, -0.25) is 4.99 Å². The van der Waals surface area contributed by atoms with Gasteiger partial charge in [-0.2, -0.15) is 0 Å². The van der Waals surface area contributed by atoms with Crippen LogP contribution in [0, 0.1) is 5.82 Å². The summed E-state index contributed by atoms with van der Waals surface area (Å²) in [5, 5.41) is 6.15. The van der Waals surface area contributed by atoms with Crippen molar-refractivity contribution in [2.75, 3.05) is 30.8 Å². The topological polar surface area (TPSA) is 71.7 Å². The minimum absolute atomic E-state index is 0. The van der Waals surface area contributed by atoms with Gasteiger partial charge in [0.1, 0.15) is 11.6 Å². The predicted octanol–water partition coefficient (Wildman–Crippen LogP) is 3.68. The summed E-state index contributed by atoms with van der Waals surface area (Å²) in [5.41, 5.74) is 7.44. The summed E-state index contributed by atoms with van der Waals surface area (Å²) in [4.78, 5) is 4.25. The average molecular weight is 444 g/mol. The number of nitrogens with two attached hydrogens (primary N) is 1. The van der Waals surface area contributed by atoms with Crippen molar-refractivity contribution in [3.63, 3.8) is 0 Å². The third kappa shape index (κ3) is 7.03. The number of hydrogen-bond acceptors (Lipinski definition) is 3. The number of nitrogens with one attached hydrogen (secondary N) is 2. The third-order valence-corrected chi connectivity index (χ3v) is 3.13. The minimum Gasteiger partial charge on any atom is -0.497 e. The zero-order valence-electron chi connectivity index (χ0n) is 13.5. The zero-order chi connectivity index (χ0) is 16.5. The summed E-state index contributed by atoms with van der Waals surface area (Å²) in [5.74, 6) is 0.899. The molecule has 24 heavy (non-hydrogen) atoms. The molecule has 0 aromatic heterocycles. The van der Waals surface area contributed by atoms with Gasteiger partial charge >= 0.3 is 0 Å². The van der Waals surface area contributed by atoms with Crippen molar-refractivity contribution >= 4 is 41.3 Å². The number of anilines is 2. The van der Waals surface area contributed by atoms with Crippen molar-refractivity contribution < 1.29 is 9.13 Å². The van der Waals surface area contributed by atoms with Crippen LogP contribution in [0.15, 0.2) is 53.5 Å². The molecule has 0 aliphatic rings. The summed E-state index contributed by atoms with van der Waals surface area (Å²) in [6.45, 7) is 1.28. The number of halogens is 2. The average Bonchev–Trinajstić information content (AvgIpc) is 2.55. The van der Waals surface area contributed by atoms with Crippen molar-refractivity contribution in [2.24, 2.45) is 10.7 Å². The fourth-order valence-electron chi connectivity index (χ4n) is 1.97. The Hall–Kier alpha value is -2.03. The van der Waals surface area contributed by atoms with Gasteiger partial charge < -0.3 is 21.1 Å². The molecular formula is C17H22FIN4O.